The average Bonchev–Trinajstić information content (AvgIpc) is 2.75. The lowest BCUT2D eigenvalue weighted by Crippen LogP contribution is -2.26. The van der Waals surface area contributed by atoms with Crippen LogP contribution in [0.3, 0.4) is 0 Å². The Morgan fingerprint density at radius 3 is 2.72 bits per heavy atom. The molecule has 2 aromatic carbocycles. The molecule has 1 saturated heterocycles. The van der Waals surface area contributed by atoms with Crippen molar-refractivity contribution in [3.05, 3.63) is 47.8 Å². The summed E-state index contributed by atoms with van der Waals surface area (Å²) < 4.78 is 13.1. The predicted molar refractivity (Wildman–Crippen MR) is 71.8 cm³/mol. The van der Waals surface area contributed by atoms with Gasteiger partial charge in [0.15, 0.2) is 0 Å². The summed E-state index contributed by atoms with van der Waals surface area (Å²) in [5.41, 5.74) is 7.17. The maximum atomic E-state index is 13.1. The molecule has 0 saturated carbocycles. The minimum Gasteiger partial charge on any atom is -0.326 e. The number of rotatable bonds is 2. The van der Waals surface area contributed by atoms with Crippen molar-refractivity contribution < 1.29 is 4.39 Å². The van der Waals surface area contributed by atoms with Gasteiger partial charge in [0, 0.05) is 25.7 Å². The minimum absolute atomic E-state index is 0.180. The van der Waals surface area contributed by atoms with E-state index in [2.05, 4.69) is 17.0 Å². The molecule has 1 atom stereocenters. The van der Waals surface area contributed by atoms with Crippen molar-refractivity contribution in [3.8, 4) is 0 Å². The topological polar surface area (TPSA) is 29.3 Å². The third-order valence-electron chi connectivity index (χ3n) is 3.58. The van der Waals surface area contributed by atoms with Gasteiger partial charge in [0.25, 0.3) is 0 Å². The number of halogens is 1. The average molecular weight is 244 g/mol. The molecule has 94 valence electrons. The molecule has 1 heterocycles. The molecule has 0 amide bonds. The third kappa shape index (κ3) is 2.37. The molecular weight excluding hydrogens is 227 g/mol. The lowest BCUT2D eigenvalue weighted by molar-refractivity contribution is 0.327. The van der Waals surface area contributed by atoms with E-state index in [4.69, 9.17) is 5.73 Å². The summed E-state index contributed by atoms with van der Waals surface area (Å²) in [6.45, 7) is 2.98. The van der Waals surface area contributed by atoms with Crippen molar-refractivity contribution in [1.29, 1.82) is 0 Å². The van der Waals surface area contributed by atoms with E-state index < -0.39 is 0 Å². The summed E-state index contributed by atoms with van der Waals surface area (Å²) in [6, 6.07) is 11.4. The maximum Gasteiger partial charge on any atom is 0.123 e. The highest BCUT2D eigenvalue weighted by Crippen LogP contribution is 2.19. The summed E-state index contributed by atoms with van der Waals surface area (Å²) in [6.07, 6.45) is 1.08. The molecule has 2 nitrogen and oxygen atoms in total. The van der Waals surface area contributed by atoms with Crippen LogP contribution in [0.1, 0.15) is 12.0 Å². The molecule has 0 aromatic heterocycles. The lowest BCUT2D eigenvalue weighted by atomic mass is 10.1. The van der Waals surface area contributed by atoms with Crippen molar-refractivity contribution >= 4 is 10.8 Å². The monoisotopic (exact) mass is 244 g/mol. The van der Waals surface area contributed by atoms with Crippen LogP contribution in [0.25, 0.3) is 10.8 Å². The Morgan fingerprint density at radius 1 is 1.17 bits per heavy atom. The molecule has 3 rings (SSSR count). The van der Waals surface area contributed by atoms with E-state index in [9.17, 15) is 4.39 Å². The molecule has 18 heavy (non-hydrogen) atoms. The number of benzene rings is 2. The van der Waals surface area contributed by atoms with Gasteiger partial charge in [0.1, 0.15) is 5.82 Å². The van der Waals surface area contributed by atoms with Gasteiger partial charge in [-0.3, -0.25) is 4.90 Å². The minimum atomic E-state index is -0.180. The smallest absolute Gasteiger partial charge is 0.123 e. The molecule has 0 bridgehead atoms. The molecule has 2 N–H and O–H groups in total. The van der Waals surface area contributed by atoms with Crippen LogP contribution in [0.15, 0.2) is 36.4 Å². The summed E-state index contributed by atoms with van der Waals surface area (Å²) >= 11 is 0. The van der Waals surface area contributed by atoms with Gasteiger partial charge in [-0.2, -0.15) is 0 Å². The number of hydrogen-bond acceptors (Lipinski definition) is 2. The number of likely N-dealkylation sites (tertiary alicyclic amines) is 1. The van der Waals surface area contributed by atoms with Crippen LogP contribution in [0, 0.1) is 5.82 Å². The highest BCUT2D eigenvalue weighted by molar-refractivity contribution is 5.83. The van der Waals surface area contributed by atoms with Crippen LogP contribution in [-0.4, -0.2) is 24.0 Å². The standard InChI is InChI=1S/C15H17FN2/c16-14-4-3-12-7-11(1-2-13(12)8-14)9-18-6-5-15(17)10-18/h1-4,7-8,15H,5-6,9-10,17H2/t15-/m1/s1. The molecule has 1 aliphatic rings. The quantitative estimate of drug-likeness (QED) is 0.879. The lowest BCUT2D eigenvalue weighted by Gasteiger charge is -2.15. The van der Waals surface area contributed by atoms with Crippen molar-refractivity contribution in [1.82, 2.24) is 4.90 Å². The Hall–Kier alpha value is -1.45. The van der Waals surface area contributed by atoms with E-state index in [1.165, 1.54) is 11.6 Å². The van der Waals surface area contributed by atoms with Gasteiger partial charge in [-0.25, -0.2) is 4.39 Å². The first-order valence-electron chi connectivity index (χ1n) is 6.37. The number of hydrogen-bond donors (Lipinski definition) is 1. The zero-order chi connectivity index (χ0) is 12.5. The van der Waals surface area contributed by atoms with Gasteiger partial charge in [-0.15, -0.1) is 0 Å². The molecule has 0 aliphatic carbocycles. The fraction of sp³-hybridized carbons (Fsp3) is 0.333. The van der Waals surface area contributed by atoms with Crippen molar-refractivity contribution in [2.75, 3.05) is 13.1 Å². The third-order valence-corrected chi connectivity index (χ3v) is 3.58. The van der Waals surface area contributed by atoms with Crippen LogP contribution in [0.4, 0.5) is 4.39 Å². The molecular formula is C15H17FN2. The summed E-state index contributed by atoms with van der Waals surface area (Å²) in [4.78, 5) is 2.37. The van der Waals surface area contributed by atoms with Crippen molar-refractivity contribution in [2.45, 2.75) is 19.0 Å². The summed E-state index contributed by atoms with van der Waals surface area (Å²) in [5, 5.41) is 2.05. The van der Waals surface area contributed by atoms with Crippen molar-refractivity contribution in [3.63, 3.8) is 0 Å². The molecule has 0 unspecified atom stereocenters. The fourth-order valence-corrected chi connectivity index (χ4v) is 2.63. The Bertz CT molecular complexity index is 567. The Labute approximate surface area is 106 Å². The number of nitrogens with zero attached hydrogens (tertiary/aromatic N) is 1. The molecule has 3 heteroatoms. The van der Waals surface area contributed by atoms with Crippen LogP contribution in [0.2, 0.25) is 0 Å². The van der Waals surface area contributed by atoms with Crippen LogP contribution in [0.5, 0.6) is 0 Å². The van der Waals surface area contributed by atoms with Gasteiger partial charge < -0.3 is 5.73 Å². The van der Waals surface area contributed by atoms with Gasteiger partial charge in [0.05, 0.1) is 0 Å². The van der Waals surface area contributed by atoms with E-state index in [-0.39, 0.29) is 5.82 Å². The number of nitrogens with two attached hydrogens (primary N) is 1. The van der Waals surface area contributed by atoms with E-state index in [0.717, 1.165) is 36.8 Å². The molecule has 2 aromatic rings. The van der Waals surface area contributed by atoms with Gasteiger partial charge in [0.2, 0.25) is 0 Å². The molecule has 0 radical (unpaired) electrons. The van der Waals surface area contributed by atoms with Crippen LogP contribution in [-0.2, 0) is 6.54 Å². The summed E-state index contributed by atoms with van der Waals surface area (Å²) in [5.74, 6) is -0.180. The first-order chi connectivity index (χ1) is 8.70. The Balaban J connectivity index is 1.82. The SMILES string of the molecule is N[C@@H]1CCN(Cc2ccc3cc(F)ccc3c2)C1. The normalized spacial score (nSPS) is 20.7. The molecule has 1 aliphatic heterocycles. The van der Waals surface area contributed by atoms with E-state index in [0.29, 0.717) is 6.04 Å². The predicted octanol–water partition coefficient (Wildman–Crippen LogP) is 2.51. The zero-order valence-corrected chi connectivity index (χ0v) is 10.3. The van der Waals surface area contributed by atoms with Gasteiger partial charge in [-0.05, 0) is 41.0 Å². The van der Waals surface area contributed by atoms with Crippen molar-refractivity contribution in [2.24, 2.45) is 5.73 Å². The fourth-order valence-electron chi connectivity index (χ4n) is 2.63. The van der Waals surface area contributed by atoms with E-state index >= 15 is 0 Å². The second-order valence-electron chi connectivity index (χ2n) is 5.11. The molecule has 1 fully saturated rings. The van der Waals surface area contributed by atoms with Crippen LogP contribution < -0.4 is 5.73 Å². The molecule has 0 spiro atoms. The largest absolute Gasteiger partial charge is 0.326 e. The second kappa shape index (κ2) is 4.67. The first-order valence-corrected chi connectivity index (χ1v) is 6.37. The van der Waals surface area contributed by atoms with Gasteiger partial charge >= 0.3 is 0 Å². The highest BCUT2D eigenvalue weighted by Gasteiger charge is 2.18. The Morgan fingerprint density at radius 2 is 1.94 bits per heavy atom. The van der Waals surface area contributed by atoms with Crippen LogP contribution >= 0.6 is 0 Å². The van der Waals surface area contributed by atoms with E-state index in [1.54, 1.807) is 6.07 Å². The second-order valence-corrected chi connectivity index (χ2v) is 5.11. The zero-order valence-electron chi connectivity index (χ0n) is 10.3. The number of fused-ring (bicyclic) bond motifs is 1. The Kier molecular flexibility index (Phi) is 3.02. The first kappa shape index (κ1) is 11.6. The maximum absolute atomic E-state index is 13.1. The van der Waals surface area contributed by atoms with E-state index in [1.807, 2.05) is 12.1 Å². The highest BCUT2D eigenvalue weighted by atomic mass is 19.1. The summed E-state index contributed by atoms with van der Waals surface area (Å²) in [7, 11) is 0. The van der Waals surface area contributed by atoms with Gasteiger partial charge in [-0.1, -0.05) is 18.2 Å².